The minimum absolute atomic E-state index is 0.0743. The van der Waals surface area contributed by atoms with Crippen LogP contribution in [0.3, 0.4) is 0 Å². The Morgan fingerprint density at radius 2 is 1.97 bits per heavy atom. The fourth-order valence-electron chi connectivity index (χ4n) is 4.67. The number of anilines is 2. The van der Waals surface area contributed by atoms with Gasteiger partial charge >= 0.3 is 0 Å². The molecule has 0 amide bonds. The van der Waals surface area contributed by atoms with Crippen molar-refractivity contribution in [3.63, 3.8) is 0 Å². The molecule has 204 valence electrons. The molecule has 12 heteroatoms. The number of hydrogen-bond acceptors (Lipinski definition) is 7. The van der Waals surface area contributed by atoms with E-state index in [-0.39, 0.29) is 24.1 Å². The summed E-state index contributed by atoms with van der Waals surface area (Å²) in [6.45, 7) is 4.19. The van der Waals surface area contributed by atoms with Crippen molar-refractivity contribution in [1.82, 2.24) is 19.7 Å². The molecule has 1 fully saturated rings. The number of halogens is 2. The van der Waals surface area contributed by atoms with Gasteiger partial charge in [-0.3, -0.25) is 4.55 Å². The Labute approximate surface area is 226 Å². The lowest BCUT2D eigenvalue weighted by molar-refractivity contribution is 0.122. The molecule has 1 aliphatic heterocycles. The zero-order chi connectivity index (χ0) is 27.5. The fourth-order valence-corrected chi connectivity index (χ4v) is 4.96. The maximum atomic E-state index is 15.7. The third-order valence-electron chi connectivity index (χ3n) is 6.63. The van der Waals surface area contributed by atoms with Crippen LogP contribution in [-0.2, 0) is 16.0 Å². The lowest BCUT2D eigenvalue weighted by atomic mass is 9.96. The summed E-state index contributed by atoms with van der Waals surface area (Å²) in [6, 6.07) is 11.8. The van der Waals surface area contributed by atoms with Gasteiger partial charge in [-0.15, -0.1) is 0 Å². The van der Waals surface area contributed by atoms with Crippen molar-refractivity contribution in [3.8, 4) is 22.5 Å². The maximum absolute atomic E-state index is 15.7. The van der Waals surface area contributed by atoms with Crippen molar-refractivity contribution in [1.29, 1.82) is 0 Å². The summed E-state index contributed by atoms with van der Waals surface area (Å²) in [6.07, 6.45) is -0.169. The number of nitrogens with one attached hydrogen (secondary N) is 1. The molecule has 3 heterocycles. The smallest absolute Gasteiger partial charge is 0.231 e. The lowest BCUT2D eigenvalue weighted by Crippen LogP contribution is -2.37. The van der Waals surface area contributed by atoms with Crippen molar-refractivity contribution >= 4 is 33.8 Å². The number of benzene rings is 2. The van der Waals surface area contributed by atoms with Gasteiger partial charge in [0, 0.05) is 47.9 Å². The van der Waals surface area contributed by atoms with Crippen LogP contribution in [-0.4, -0.2) is 56.6 Å². The number of aromatic nitrogens is 3. The quantitative estimate of drug-likeness (QED) is 0.275. The fraction of sp³-hybridized carbons (Fsp3) is 0.296. The molecule has 0 spiro atoms. The van der Waals surface area contributed by atoms with Gasteiger partial charge in [0.05, 0.1) is 18.7 Å². The first-order valence-corrected chi connectivity index (χ1v) is 13.6. The van der Waals surface area contributed by atoms with E-state index in [9.17, 15) is 8.60 Å². The highest BCUT2D eigenvalue weighted by Gasteiger charge is 2.22. The molecule has 2 aromatic heterocycles. The van der Waals surface area contributed by atoms with E-state index in [0.29, 0.717) is 54.8 Å². The molecule has 1 saturated heterocycles. The van der Waals surface area contributed by atoms with E-state index >= 15 is 4.39 Å². The number of nitrogens with two attached hydrogens (primary N) is 1. The molecule has 2 aromatic carbocycles. The van der Waals surface area contributed by atoms with Crippen LogP contribution in [0.1, 0.15) is 23.7 Å². The average Bonchev–Trinajstić information content (AvgIpc) is 2.93. The number of rotatable bonds is 8. The van der Waals surface area contributed by atoms with Crippen molar-refractivity contribution in [2.75, 3.05) is 43.5 Å². The molecule has 0 bridgehead atoms. The van der Waals surface area contributed by atoms with E-state index in [1.807, 2.05) is 25.1 Å². The number of nitrogens with zero attached hydrogens (tertiary/aromatic N) is 4. The predicted octanol–water partition coefficient (Wildman–Crippen LogP) is 4.35. The Kier molecular flexibility index (Phi) is 8.07. The van der Waals surface area contributed by atoms with Crippen molar-refractivity contribution in [3.05, 3.63) is 65.6 Å². The summed E-state index contributed by atoms with van der Waals surface area (Å²) in [7, 11) is 0. The van der Waals surface area contributed by atoms with E-state index in [2.05, 4.69) is 14.6 Å². The van der Waals surface area contributed by atoms with Gasteiger partial charge in [-0.25, -0.2) is 32.7 Å². The van der Waals surface area contributed by atoms with Gasteiger partial charge in [-0.05, 0) is 48.7 Å². The van der Waals surface area contributed by atoms with E-state index in [0.717, 1.165) is 16.5 Å². The van der Waals surface area contributed by atoms with E-state index in [1.165, 1.54) is 6.07 Å². The molecular formula is C27H28F2N6O3S. The lowest BCUT2D eigenvalue weighted by Gasteiger charge is -2.29. The predicted molar refractivity (Wildman–Crippen MR) is 148 cm³/mol. The molecule has 4 N–H and O–H groups in total. The summed E-state index contributed by atoms with van der Waals surface area (Å²) < 4.78 is 58.0. The number of hydrogen-bond donors (Lipinski definition) is 3. The van der Waals surface area contributed by atoms with Gasteiger partial charge in [-0.2, -0.15) is 0 Å². The SMILES string of the molecule is Cc1cc(-c2cccc(C(F)CCNS(=O)O)c2F)cc2c(N3CCOCC3)nc(-c3ccc(N)nc3)nc12. The first kappa shape index (κ1) is 27.0. The van der Waals surface area contributed by atoms with Crippen LogP contribution in [0.2, 0.25) is 0 Å². The van der Waals surface area contributed by atoms with E-state index in [4.69, 9.17) is 25.0 Å². The Morgan fingerprint density at radius 1 is 1.18 bits per heavy atom. The monoisotopic (exact) mass is 554 g/mol. The van der Waals surface area contributed by atoms with Crippen LogP contribution in [0, 0.1) is 12.7 Å². The molecule has 5 rings (SSSR count). The number of ether oxygens (including phenoxy) is 1. The van der Waals surface area contributed by atoms with Crippen molar-refractivity contribution in [2.24, 2.45) is 0 Å². The first-order valence-electron chi connectivity index (χ1n) is 12.5. The molecule has 4 aromatic rings. The van der Waals surface area contributed by atoms with Crippen LogP contribution in [0.5, 0.6) is 0 Å². The maximum Gasteiger partial charge on any atom is 0.231 e. The van der Waals surface area contributed by atoms with Gasteiger partial charge in [0.15, 0.2) is 5.82 Å². The molecule has 0 aliphatic carbocycles. The summed E-state index contributed by atoms with van der Waals surface area (Å²) in [5.74, 6) is 0.918. The largest absolute Gasteiger partial charge is 0.384 e. The summed E-state index contributed by atoms with van der Waals surface area (Å²) in [4.78, 5) is 16.0. The van der Waals surface area contributed by atoms with Crippen LogP contribution >= 0.6 is 0 Å². The van der Waals surface area contributed by atoms with E-state index < -0.39 is 23.3 Å². The van der Waals surface area contributed by atoms with Crippen LogP contribution in [0.4, 0.5) is 20.4 Å². The Morgan fingerprint density at radius 3 is 2.69 bits per heavy atom. The summed E-state index contributed by atoms with van der Waals surface area (Å²) in [5.41, 5.74) is 8.71. The first-order chi connectivity index (χ1) is 18.8. The number of nitrogen functional groups attached to an aromatic ring is 1. The number of pyridine rings is 1. The van der Waals surface area contributed by atoms with Crippen LogP contribution < -0.4 is 15.4 Å². The van der Waals surface area contributed by atoms with Crippen LogP contribution in [0.25, 0.3) is 33.4 Å². The average molecular weight is 555 g/mol. The Balaban J connectivity index is 1.60. The number of fused-ring (bicyclic) bond motifs is 1. The molecule has 9 nitrogen and oxygen atoms in total. The van der Waals surface area contributed by atoms with Crippen molar-refractivity contribution in [2.45, 2.75) is 19.5 Å². The zero-order valence-electron chi connectivity index (χ0n) is 21.2. The van der Waals surface area contributed by atoms with Gasteiger partial charge in [-0.1, -0.05) is 18.2 Å². The second-order valence-electron chi connectivity index (χ2n) is 9.24. The zero-order valence-corrected chi connectivity index (χ0v) is 22.0. The molecule has 39 heavy (non-hydrogen) atoms. The van der Waals surface area contributed by atoms with Gasteiger partial charge in [0.25, 0.3) is 0 Å². The standard InChI is InChI=1S/C27H28F2N6O3S/c1-16-13-18(19-3-2-4-20(24(19)29)22(28)7-8-32-39(36)37)14-21-25(16)33-26(17-5-6-23(30)31-15-17)34-27(21)35-9-11-38-12-10-35/h2-6,13-15,22,32H,7-12H2,1H3,(H2,30,31)(H,36,37). The third kappa shape index (κ3) is 5.88. The second kappa shape index (κ2) is 11.7. The number of aryl methyl sites for hydroxylation is 1. The minimum Gasteiger partial charge on any atom is -0.384 e. The summed E-state index contributed by atoms with van der Waals surface area (Å²) in [5, 5.41) is 0.746. The van der Waals surface area contributed by atoms with Crippen LogP contribution in [0.15, 0.2) is 48.7 Å². The normalized spacial score (nSPS) is 15.4. The minimum atomic E-state index is -2.26. The Hall–Kier alpha value is -3.58. The highest BCUT2D eigenvalue weighted by atomic mass is 32.2. The molecule has 2 unspecified atom stereocenters. The molecule has 0 radical (unpaired) electrons. The molecule has 1 aliphatic rings. The number of morpholine rings is 1. The highest BCUT2D eigenvalue weighted by molar-refractivity contribution is 7.77. The van der Waals surface area contributed by atoms with Crippen molar-refractivity contribution < 1.29 is 22.3 Å². The van der Waals surface area contributed by atoms with E-state index in [1.54, 1.807) is 24.4 Å². The van der Waals surface area contributed by atoms with Gasteiger partial charge in [0.1, 0.15) is 23.6 Å². The van der Waals surface area contributed by atoms with Gasteiger partial charge < -0.3 is 15.4 Å². The van der Waals surface area contributed by atoms with Gasteiger partial charge in [0.2, 0.25) is 11.3 Å². The molecular weight excluding hydrogens is 526 g/mol. The number of alkyl halides is 1. The topological polar surface area (TPSA) is 126 Å². The molecule has 2 atom stereocenters. The third-order valence-corrected chi connectivity index (χ3v) is 7.08. The highest BCUT2D eigenvalue weighted by Crippen LogP contribution is 2.36. The second-order valence-corrected chi connectivity index (χ2v) is 10.0. The summed E-state index contributed by atoms with van der Waals surface area (Å²) >= 11 is -2.26. The molecule has 0 saturated carbocycles. The Bertz CT molecular complexity index is 1520.